The van der Waals surface area contributed by atoms with Crippen LogP contribution in [0.25, 0.3) is 0 Å². The zero-order valence-electron chi connectivity index (χ0n) is 12.7. The van der Waals surface area contributed by atoms with Gasteiger partial charge in [0.25, 0.3) is 0 Å². The fourth-order valence-corrected chi connectivity index (χ4v) is 2.17. The smallest absolute Gasteiger partial charge is 0.385 e. The molecule has 1 aromatic rings. The molecule has 1 atom stereocenters. The minimum atomic E-state index is -6.19. The highest BCUT2D eigenvalue weighted by molar-refractivity contribution is 5.30. The summed E-state index contributed by atoms with van der Waals surface area (Å²) in [6.45, 7) is 4.26. The molecule has 1 unspecified atom stereocenters. The van der Waals surface area contributed by atoms with E-state index in [0.29, 0.717) is 5.56 Å². The van der Waals surface area contributed by atoms with Crippen LogP contribution in [-0.2, 0) is 5.60 Å². The highest BCUT2D eigenvalue weighted by Crippen LogP contribution is 2.51. The normalized spacial score (nSPS) is 16.5. The monoisotopic (exact) mass is 346 g/mol. The summed E-state index contributed by atoms with van der Waals surface area (Å²) in [7, 11) is 0. The molecule has 0 bridgehead atoms. The Hall–Kier alpha value is -1.31. The van der Waals surface area contributed by atoms with Crippen molar-refractivity contribution in [3.63, 3.8) is 0 Å². The Morgan fingerprint density at radius 2 is 1.43 bits per heavy atom. The van der Waals surface area contributed by atoms with E-state index < -0.39 is 30.0 Å². The van der Waals surface area contributed by atoms with Crippen molar-refractivity contribution in [2.75, 3.05) is 0 Å². The van der Waals surface area contributed by atoms with Crippen LogP contribution in [0, 0.1) is 0 Å². The van der Waals surface area contributed by atoms with Gasteiger partial charge >= 0.3 is 18.0 Å². The Morgan fingerprint density at radius 1 is 0.957 bits per heavy atom. The Balaban J connectivity index is 3.30. The summed E-state index contributed by atoms with van der Waals surface area (Å²) in [5.74, 6) is -0.0638. The van der Waals surface area contributed by atoms with E-state index in [4.69, 9.17) is 0 Å². The SMILES string of the molecule is CC(C)c1cccc(C(C)(O)CC(F)(C(F)(F)F)C(F)(F)F)c1. The summed E-state index contributed by atoms with van der Waals surface area (Å²) in [5, 5.41) is 10.1. The summed E-state index contributed by atoms with van der Waals surface area (Å²) in [5.41, 5.74) is -7.76. The molecule has 0 amide bonds. The highest BCUT2D eigenvalue weighted by atomic mass is 19.4. The lowest BCUT2D eigenvalue weighted by Gasteiger charge is -2.36. The number of halogens is 7. The lowest BCUT2D eigenvalue weighted by Crippen LogP contribution is -2.56. The van der Waals surface area contributed by atoms with Crippen molar-refractivity contribution in [3.05, 3.63) is 35.4 Å². The molecule has 0 aromatic heterocycles. The van der Waals surface area contributed by atoms with E-state index in [1.54, 1.807) is 19.9 Å². The van der Waals surface area contributed by atoms with Gasteiger partial charge in [0.2, 0.25) is 0 Å². The maximum absolute atomic E-state index is 13.8. The zero-order chi connectivity index (χ0) is 18.3. The minimum absolute atomic E-state index is 0.0638. The van der Waals surface area contributed by atoms with Gasteiger partial charge in [-0.1, -0.05) is 38.1 Å². The van der Waals surface area contributed by atoms with E-state index in [1.165, 1.54) is 18.2 Å². The molecule has 1 aromatic carbocycles. The topological polar surface area (TPSA) is 20.2 Å². The van der Waals surface area contributed by atoms with Gasteiger partial charge in [-0.25, -0.2) is 4.39 Å². The van der Waals surface area contributed by atoms with Crippen molar-refractivity contribution < 1.29 is 35.8 Å². The number of benzene rings is 1. The fraction of sp³-hybridized carbons (Fsp3) is 0.600. The zero-order valence-corrected chi connectivity index (χ0v) is 12.7. The molecule has 0 aliphatic carbocycles. The van der Waals surface area contributed by atoms with E-state index in [1.807, 2.05) is 0 Å². The molecule has 1 N–H and O–H groups in total. The fourth-order valence-electron chi connectivity index (χ4n) is 2.17. The van der Waals surface area contributed by atoms with Crippen LogP contribution in [-0.4, -0.2) is 23.1 Å². The molecule has 0 aliphatic rings. The Morgan fingerprint density at radius 3 is 1.83 bits per heavy atom. The molecule has 0 spiro atoms. The second-order valence-corrected chi connectivity index (χ2v) is 6.03. The maximum Gasteiger partial charge on any atom is 0.431 e. The van der Waals surface area contributed by atoms with Gasteiger partial charge < -0.3 is 5.11 Å². The highest BCUT2D eigenvalue weighted by Gasteiger charge is 2.73. The number of alkyl halides is 7. The number of hydrogen-bond acceptors (Lipinski definition) is 1. The molecule has 0 saturated heterocycles. The molecular formula is C15H17F7O. The molecule has 0 aliphatic heterocycles. The predicted molar refractivity (Wildman–Crippen MR) is 70.7 cm³/mol. The van der Waals surface area contributed by atoms with E-state index >= 15 is 0 Å². The first-order chi connectivity index (χ1) is 10.1. The summed E-state index contributed by atoms with van der Waals surface area (Å²) in [6.07, 6.45) is -14.6. The first kappa shape index (κ1) is 19.7. The van der Waals surface area contributed by atoms with Crippen molar-refractivity contribution in [3.8, 4) is 0 Å². The molecule has 0 saturated carbocycles. The van der Waals surface area contributed by atoms with Crippen LogP contribution in [0.1, 0.15) is 44.2 Å². The van der Waals surface area contributed by atoms with E-state index in [0.717, 1.165) is 6.92 Å². The van der Waals surface area contributed by atoms with Gasteiger partial charge in [-0.3, -0.25) is 0 Å². The summed E-state index contributed by atoms with van der Waals surface area (Å²) < 4.78 is 89.7. The second-order valence-electron chi connectivity index (χ2n) is 6.03. The van der Waals surface area contributed by atoms with Crippen LogP contribution in [0.3, 0.4) is 0 Å². The van der Waals surface area contributed by atoms with Crippen LogP contribution < -0.4 is 0 Å². The third-order valence-corrected chi connectivity index (χ3v) is 3.66. The van der Waals surface area contributed by atoms with E-state index in [9.17, 15) is 35.8 Å². The Kier molecular flexibility index (Phi) is 5.11. The van der Waals surface area contributed by atoms with Crippen molar-refractivity contribution in [1.82, 2.24) is 0 Å². The Labute approximate surface area is 129 Å². The van der Waals surface area contributed by atoms with Crippen molar-refractivity contribution in [1.29, 1.82) is 0 Å². The predicted octanol–water partition coefficient (Wildman–Crippen LogP) is 5.24. The van der Waals surface area contributed by atoms with Crippen LogP contribution in [0.15, 0.2) is 24.3 Å². The van der Waals surface area contributed by atoms with Crippen LogP contribution in [0.5, 0.6) is 0 Å². The van der Waals surface area contributed by atoms with Gasteiger partial charge in [0.15, 0.2) is 0 Å². The Bertz CT molecular complexity index is 529. The quantitative estimate of drug-likeness (QED) is 0.739. The van der Waals surface area contributed by atoms with Gasteiger partial charge in [-0.2, -0.15) is 26.3 Å². The third kappa shape index (κ3) is 3.97. The number of rotatable bonds is 4. The molecule has 132 valence electrons. The summed E-state index contributed by atoms with van der Waals surface area (Å²) >= 11 is 0. The molecule has 8 heteroatoms. The van der Waals surface area contributed by atoms with E-state index in [-0.39, 0.29) is 11.5 Å². The summed E-state index contributed by atoms with van der Waals surface area (Å²) in [4.78, 5) is 0. The van der Waals surface area contributed by atoms with Gasteiger partial charge in [-0.15, -0.1) is 0 Å². The van der Waals surface area contributed by atoms with Crippen LogP contribution >= 0.6 is 0 Å². The van der Waals surface area contributed by atoms with Gasteiger partial charge in [0.1, 0.15) is 0 Å². The van der Waals surface area contributed by atoms with Gasteiger partial charge in [0.05, 0.1) is 5.60 Å². The molecular weight excluding hydrogens is 329 g/mol. The summed E-state index contributed by atoms with van der Waals surface area (Å²) in [6, 6.07) is 5.44. The third-order valence-electron chi connectivity index (χ3n) is 3.66. The average molecular weight is 346 g/mol. The van der Waals surface area contributed by atoms with E-state index in [2.05, 4.69) is 0 Å². The molecule has 1 nitrogen and oxygen atoms in total. The van der Waals surface area contributed by atoms with Gasteiger partial charge in [-0.05, 0) is 24.0 Å². The first-order valence-electron chi connectivity index (χ1n) is 6.77. The standard InChI is InChI=1S/C15H17F7O/c1-9(2)10-5-4-6-11(7-10)12(3,23)8-13(16,14(17,18)19)15(20,21)22/h4-7,9,23H,8H2,1-3H3. The van der Waals surface area contributed by atoms with Gasteiger partial charge in [0, 0.05) is 6.42 Å². The lowest BCUT2D eigenvalue weighted by atomic mass is 9.82. The largest absolute Gasteiger partial charge is 0.431 e. The van der Waals surface area contributed by atoms with Crippen LogP contribution in [0.2, 0.25) is 0 Å². The second kappa shape index (κ2) is 5.96. The molecule has 0 radical (unpaired) electrons. The molecule has 1 rings (SSSR count). The number of aliphatic hydroxyl groups is 1. The number of hydrogen-bond donors (Lipinski definition) is 1. The lowest BCUT2D eigenvalue weighted by molar-refractivity contribution is -0.352. The van der Waals surface area contributed by atoms with Crippen molar-refractivity contribution in [2.45, 2.75) is 56.7 Å². The van der Waals surface area contributed by atoms with Crippen molar-refractivity contribution >= 4 is 0 Å². The first-order valence-corrected chi connectivity index (χ1v) is 6.77. The van der Waals surface area contributed by atoms with Crippen LogP contribution in [0.4, 0.5) is 30.7 Å². The minimum Gasteiger partial charge on any atom is -0.385 e. The maximum atomic E-state index is 13.8. The molecule has 0 fully saturated rings. The average Bonchev–Trinajstić information content (AvgIpc) is 2.35. The molecule has 23 heavy (non-hydrogen) atoms. The molecule has 0 heterocycles. The van der Waals surface area contributed by atoms with Crippen molar-refractivity contribution in [2.24, 2.45) is 0 Å².